The van der Waals surface area contributed by atoms with Crippen LogP contribution in [-0.2, 0) is 23.8 Å². The normalized spacial score (nSPS) is 13.3. The minimum Gasteiger partial charge on any atom is -0.462 e. The highest BCUT2D eigenvalue weighted by atomic mass is 16.6. The van der Waals surface area contributed by atoms with Crippen LogP contribution in [0.3, 0.4) is 0 Å². The molecule has 62 heavy (non-hydrogen) atoms. The van der Waals surface area contributed by atoms with E-state index < -0.39 is 6.10 Å². The molecule has 0 radical (unpaired) electrons. The van der Waals surface area contributed by atoms with Crippen molar-refractivity contribution in [3.8, 4) is 0 Å². The summed E-state index contributed by atoms with van der Waals surface area (Å²) in [6.45, 7) is 7.38. The van der Waals surface area contributed by atoms with Gasteiger partial charge in [-0.2, -0.15) is 0 Å². The maximum atomic E-state index is 12.8. The Kier molecular flexibility index (Phi) is 48.6. The van der Waals surface area contributed by atoms with Crippen LogP contribution in [0.15, 0.2) is 122 Å². The Morgan fingerprint density at radius 3 is 1.16 bits per heavy atom. The van der Waals surface area contributed by atoms with E-state index in [0.29, 0.717) is 19.4 Å². The summed E-state index contributed by atoms with van der Waals surface area (Å²) in [5.41, 5.74) is 0. The molecule has 0 heterocycles. The molecule has 0 aromatic rings. The molecule has 1 unspecified atom stereocenters. The van der Waals surface area contributed by atoms with Gasteiger partial charge < -0.3 is 14.2 Å². The van der Waals surface area contributed by atoms with Crippen molar-refractivity contribution in [3.05, 3.63) is 122 Å². The van der Waals surface area contributed by atoms with Crippen LogP contribution >= 0.6 is 0 Å². The van der Waals surface area contributed by atoms with Gasteiger partial charge in [-0.05, 0) is 122 Å². The van der Waals surface area contributed by atoms with Crippen LogP contribution in [0, 0.1) is 0 Å². The number of allylic oxidation sites excluding steroid dienone is 20. The molecule has 0 bridgehead atoms. The minimum absolute atomic E-state index is 0.0371. The van der Waals surface area contributed by atoms with Gasteiger partial charge in [0.05, 0.1) is 6.61 Å². The lowest BCUT2D eigenvalue weighted by molar-refractivity contribution is -0.163. The van der Waals surface area contributed by atoms with Crippen molar-refractivity contribution >= 4 is 11.9 Å². The second-order valence-corrected chi connectivity index (χ2v) is 15.9. The number of esters is 2. The largest absolute Gasteiger partial charge is 0.462 e. The predicted molar refractivity (Wildman–Crippen MR) is 269 cm³/mol. The van der Waals surface area contributed by atoms with Gasteiger partial charge in [-0.3, -0.25) is 9.59 Å². The summed E-state index contributed by atoms with van der Waals surface area (Å²) >= 11 is 0. The van der Waals surface area contributed by atoms with Crippen LogP contribution in [0.4, 0.5) is 0 Å². The van der Waals surface area contributed by atoms with Crippen molar-refractivity contribution in [1.82, 2.24) is 0 Å². The van der Waals surface area contributed by atoms with Crippen LogP contribution in [0.5, 0.6) is 0 Å². The quantitative estimate of drug-likeness (QED) is 0.0347. The monoisotopic (exact) mass is 857 g/mol. The number of hydrogen-bond acceptors (Lipinski definition) is 5. The van der Waals surface area contributed by atoms with Crippen molar-refractivity contribution in [2.45, 2.75) is 207 Å². The Hall–Kier alpha value is -3.70. The number of carbonyl (C=O) groups is 2. The number of rotatable bonds is 44. The fraction of sp³-hybridized carbons (Fsp3) is 0.614. The van der Waals surface area contributed by atoms with Crippen LogP contribution < -0.4 is 0 Å². The topological polar surface area (TPSA) is 61.8 Å². The first-order chi connectivity index (χ1) is 30.6. The average molecular weight is 857 g/mol. The maximum absolute atomic E-state index is 12.8. The summed E-state index contributed by atoms with van der Waals surface area (Å²) in [5, 5.41) is 0. The first kappa shape index (κ1) is 58.3. The van der Waals surface area contributed by atoms with E-state index in [2.05, 4.69) is 142 Å². The van der Waals surface area contributed by atoms with Crippen molar-refractivity contribution in [3.63, 3.8) is 0 Å². The molecule has 0 aliphatic rings. The molecule has 0 saturated heterocycles. The molecule has 0 rings (SSSR count). The first-order valence-corrected chi connectivity index (χ1v) is 25.1. The van der Waals surface area contributed by atoms with Gasteiger partial charge in [0, 0.05) is 19.4 Å². The highest BCUT2D eigenvalue weighted by molar-refractivity contribution is 5.70. The third kappa shape index (κ3) is 49.0. The van der Waals surface area contributed by atoms with E-state index in [1.165, 1.54) is 38.5 Å². The van der Waals surface area contributed by atoms with E-state index in [1.807, 2.05) is 0 Å². The van der Waals surface area contributed by atoms with E-state index in [-0.39, 0.29) is 25.2 Å². The highest BCUT2D eigenvalue weighted by Crippen LogP contribution is 2.12. The van der Waals surface area contributed by atoms with Crippen LogP contribution in [0.2, 0.25) is 0 Å². The lowest BCUT2D eigenvalue weighted by Gasteiger charge is -2.18. The molecule has 1 atom stereocenters. The lowest BCUT2D eigenvalue weighted by Crippen LogP contribution is -2.30. The lowest BCUT2D eigenvalue weighted by atomic mass is 10.1. The fourth-order valence-electron chi connectivity index (χ4n) is 6.30. The van der Waals surface area contributed by atoms with E-state index in [4.69, 9.17) is 14.2 Å². The van der Waals surface area contributed by atoms with E-state index in [0.717, 1.165) is 128 Å². The van der Waals surface area contributed by atoms with Crippen LogP contribution in [0.1, 0.15) is 201 Å². The van der Waals surface area contributed by atoms with Crippen molar-refractivity contribution in [1.29, 1.82) is 0 Å². The summed E-state index contributed by atoms with van der Waals surface area (Å²) in [6.07, 6.45) is 72.1. The molecule has 5 nitrogen and oxygen atoms in total. The summed E-state index contributed by atoms with van der Waals surface area (Å²) < 4.78 is 17.3. The summed E-state index contributed by atoms with van der Waals surface area (Å²) in [4.78, 5) is 25.4. The molecule has 0 amide bonds. The molecular weight excluding hydrogens is 765 g/mol. The van der Waals surface area contributed by atoms with Gasteiger partial charge in [0.15, 0.2) is 6.10 Å². The van der Waals surface area contributed by atoms with Crippen molar-refractivity contribution < 1.29 is 23.8 Å². The third-order valence-corrected chi connectivity index (χ3v) is 9.96. The Bertz CT molecular complexity index is 1290. The Balaban J connectivity index is 4.44. The molecule has 0 aliphatic carbocycles. The molecule has 0 fully saturated rings. The molecular formula is C57H92O5. The summed E-state index contributed by atoms with van der Waals surface area (Å²) in [5.74, 6) is -0.480. The number of carbonyl (C=O) groups excluding carboxylic acids is 2. The van der Waals surface area contributed by atoms with Gasteiger partial charge >= 0.3 is 11.9 Å². The molecule has 0 aliphatic heterocycles. The zero-order chi connectivity index (χ0) is 44.9. The van der Waals surface area contributed by atoms with Gasteiger partial charge in [0.1, 0.15) is 6.61 Å². The second-order valence-electron chi connectivity index (χ2n) is 15.9. The van der Waals surface area contributed by atoms with Gasteiger partial charge in [-0.15, -0.1) is 0 Å². The predicted octanol–water partition coefficient (Wildman–Crippen LogP) is 17.0. The van der Waals surface area contributed by atoms with Crippen molar-refractivity contribution in [2.75, 3.05) is 19.8 Å². The molecule has 0 saturated carbocycles. The number of hydrogen-bond donors (Lipinski definition) is 0. The molecule has 0 spiro atoms. The smallest absolute Gasteiger partial charge is 0.306 e. The Morgan fingerprint density at radius 1 is 0.371 bits per heavy atom. The minimum atomic E-state index is -0.590. The van der Waals surface area contributed by atoms with Crippen molar-refractivity contribution in [2.24, 2.45) is 0 Å². The van der Waals surface area contributed by atoms with Gasteiger partial charge in [-0.1, -0.05) is 187 Å². The molecule has 350 valence electrons. The zero-order valence-corrected chi connectivity index (χ0v) is 40.1. The van der Waals surface area contributed by atoms with E-state index in [1.54, 1.807) is 0 Å². The number of ether oxygens (including phenoxy) is 3. The van der Waals surface area contributed by atoms with Gasteiger partial charge in [0.2, 0.25) is 0 Å². The average Bonchev–Trinajstić information content (AvgIpc) is 3.27. The Labute approximate surface area is 382 Å². The SMILES string of the molecule is CC/C=C\C/C=C\C/C=C\C/C=C\CCCCCCC(=O)OCC(COCCC/C=C\C/C=C\C/C=C\C/C=C\CC)OC(=O)CCCCCCC/C=C\C/C=C\CCCCC. The zero-order valence-electron chi connectivity index (χ0n) is 40.1. The first-order valence-electron chi connectivity index (χ1n) is 25.1. The third-order valence-electron chi connectivity index (χ3n) is 9.96. The maximum Gasteiger partial charge on any atom is 0.306 e. The Morgan fingerprint density at radius 2 is 0.726 bits per heavy atom. The van der Waals surface area contributed by atoms with E-state index >= 15 is 0 Å². The summed E-state index contributed by atoms with van der Waals surface area (Å²) in [6, 6.07) is 0. The second kappa shape index (κ2) is 51.6. The molecule has 0 aromatic carbocycles. The molecule has 5 heteroatoms. The van der Waals surface area contributed by atoms with E-state index in [9.17, 15) is 9.59 Å². The van der Waals surface area contributed by atoms with Gasteiger partial charge in [0.25, 0.3) is 0 Å². The van der Waals surface area contributed by atoms with Gasteiger partial charge in [-0.25, -0.2) is 0 Å². The molecule has 0 aromatic heterocycles. The number of unbranched alkanes of at least 4 members (excludes halogenated alkanes) is 13. The fourth-order valence-corrected chi connectivity index (χ4v) is 6.30. The summed E-state index contributed by atoms with van der Waals surface area (Å²) in [7, 11) is 0. The highest BCUT2D eigenvalue weighted by Gasteiger charge is 2.17. The van der Waals surface area contributed by atoms with Crippen LogP contribution in [-0.4, -0.2) is 37.9 Å². The van der Waals surface area contributed by atoms with Crippen LogP contribution in [0.25, 0.3) is 0 Å². The molecule has 0 N–H and O–H groups in total. The standard InChI is InChI=1S/C57H92O5/c1-4-7-10-13-16-19-22-25-28-29-31-32-35-38-41-44-47-50-56(58)61-54-55(53-60-52-49-46-43-40-37-34-27-24-21-18-15-12-9-6-3)62-57(59)51-48-45-42-39-36-33-30-26-23-20-17-14-11-8-5-2/h7,9-10,12,16-21,25-28,30-32,34,40,43,55H,4-6,8,11,13-15,22-24,29,33,35-39,41-42,44-54H2,1-3H3/b10-7-,12-9-,19-16-,20-17-,21-18-,28-25-,30-26-,32-31-,34-27-,43-40-.